The van der Waals surface area contributed by atoms with Crippen LogP contribution >= 0.6 is 15.9 Å². The Morgan fingerprint density at radius 3 is 2.61 bits per heavy atom. The first-order chi connectivity index (χ1) is 10.8. The van der Waals surface area contributed by atoms with Crippen LogP contribution in [0.3, 0.4) is 0 Å². The molecule has 2 aromatic carbocycles. The van der Waals surface area contributed by atoms with Gasteiger partial charge in [-0.2, -0.15) is 0 Å². The van der Waals surface area contributed by atoms with Crippen molar-refractivity contribution in [1.82, 2.24) is 5.32 Å². The molecule has 1 amide bonds. The van der Waals surface area contributed by atoms with Gasteiger partial charge >= 0.3 is 0 Å². The van der Waals surface area contributed by atoms with Gasteiger partial charge in [0.05, 0.1) is 17.6 Å². The average molecular weight is 399 g/mol. The highest BCUT2D eigenvalue weighted by atomic mass is 79.9. The van der Waals surface area contributed by atoms with E-state index in [2.05, 4.69) is 21.2 Å². The van der Waals surface area contributed by atoms with E-state index in [-0.39, 0.29) is 17.0 Å². The van der Waals surface area contributed by atoms with Gasteiger partial charge < -0.3 is 10.1 Å². The van der Waals surface area contributed by atoms with Crippen molar-refractivity contribution in [1.29, 1.82) is 0 Å². The Hall–Kier alpha value is -1.90. The maximum atomic E-state index is 12.3. The van der Waals surface area contributed by atoms with Gasteiger partial charge in [-0.3, -0.25) is 4.79 Å². The van der Waals surface area contributed by atoms with Crippen LogP contribution in [0.1, 0.15) is 15.9 Å². The lowest BCUT2D eigenvalue weighted by Gasteiger charge is -2.11. The molecule has 23 heavy (non-hydrogen) atoms. The van der Waals surface area contributed by atoms with Crippen molar-refractivity contribution in [3.63, 3.8) is 0 Å². The highest BCUT2D eigenvalue weighted by Crippen LogP contribution is 2.21. The monoisotopic (exact) mass is 398 g/mol. The van der Waals surface area contributed by atoms with E-state index in [1.807, 2.05) is 18.2 Å². The normalized spacial score (nSPS) is 11.1. The second-order valence-electron chi connectivity index (χ2n) is 4.68. The van der Waals surface area contributed by atoms with Crippen LogP contribution in [0.2, 0.25) is 0 Å². The zero-order valence-electron chi connectivity index (χ0n) is 12.2. The third-order valence-corrected chi connectivity index (χ3v) is 4.75. The number of methoxy groups -OCH3 is 1. The van der Waals surface area contributed by atoms with E-state index in [9.17, 15) is 13.2 Å². The molecule has 122 valence electrons. The zero-order chi connectivity index (χ0) is 17.0. The molecule has 2 aromatic rings. The molecule has 2 rings (SSSR count). The smallest absolute Gasteiger partial charge is 0.252 e. The molecule has 0 saturated heterocycles. The Morgan fingerprint density at radius 1 is 1.26 bits per heavy atom. The molecule has 0 atom stereocenters. The molecule has 0 bridgehead atoms. The third-order valence-electron chi connectivity index (χ3n) is 3.14. The largest absolute Gasteiger partial charge is 0.496 e. The number of sulfonamides is 1. The number of primary sulfonamides is 1. The van der Waals surface area contributed by atoms with Crippen LogP contribution in [-0.4, -0.2) is 21.4 Å². The van der Waals surface area contributed by atoms with Crippen LogP contribution in [0.4, 0.5) is 0 Å². The van der Waals surface area contributed by atoms with E-state index in [0.717, 1.165) is 5.56 Å². The van der Waals surface area contributed by atoms with Crippen LogP contribution < -0.4 is 15.2 Å². The van der Waals surface area contributed by atoms with Crippen molar-refractivity contribution in [2.75, 3.05) is 7.11 Å². The molecular formula is C15H15BrN2O4S. The summed E-state index contributed by atoms with van der Waals surface area (Å²) < 4.78 is 28.5. The van der Waals surface area contributed by atoms with Crippen molar-refractivity contribution in [3.8, 4) is 5.75 Å². The number of ether oxygens (including phenoxy) is 1. The van der Waals surface area contributed by atoms with Gasteiger partial charge in [-0.25, -0.2) is 13.6 Å². The summed E-state index contributed by atoms with van der Waals surface area (Å²) in [5.74, 6) is 0.235. The molecular weight excluding hydrogens is 384 g/mol. The number of nitrogens with one attached hydrogen (secondary N) is 1. The number of halogens is 1. The summed E-state index contributed by atoms with van der Waals surface area (Å²) in [7, 11) is -2.33. The number of benzene rings is 2. The fraction of sp³-hybridized carbons (Fsp3) is 0.133. The molecule has 0 aliphatic rings. The zero-order valence-corrected chi connectivity index (χ0v) is 14.6. The summed E-state index contributed by atoms with van der Waals surface area (Å²) in [6.07, 6.45) is 0. The second-order valence-corrected chi connectivity index (χ2v) is 7.10. The summed E-state index contributed by atoms with van der Waals surface area (Å²) in [4.78, 5) is 12.2. The van der Waals surface area contributed by atoms with Crippen LogP contribution in [0.15, 0.2) is 51.8 Å². The van der Waals surface area contributed by atoms with Gasteiger partial charge in [0.2, 0.25) is 10.0 Å². The molecule has 0 aromatic heterocycles. The quantitative estimate of drug-likeness (QED) is 0.804. The summed E-state index contributed by atoms with van der Waals surface area (Å²) in [6.45, 7) is 0.245. The highest BCUT2D eigenvalue weighted by molar-refractivity contribution is 9.10. The van der Waals surface area contributed by atoms with E-state index in [1.54, 1.807) is 13.2 Å². The van der Waals surface area contributed by atoms with E-state index in [4.69, 9.17) is 9.88 Å². The molecule has 0 aliphatic heterocycles. The number of para-hydroxylation sites is 1. The minimum Gasteiger partial charge on any atom is -0.496 e. The molecule has 0 saturated carbocycles. The van der Waals surface area contributed by atoms with Gasteiger partial charge in [0.25, 0.3) is 5.91 Å². The molecule has 3 N–H and O–H groups in total. The molecule has 0 radical (unpaired) electrons. The van der Waals surface area contributed by atoms with Crippen LogP contribution in [0.25, 0.3) is 0 Å². The molecule has 6 nitrogen and oxygen atoms in total. The lowest BCUT2D eigenvalue weighted by Crippen LogP contribution is -2.24. The first-order valence-electron chi connectivity index (χ1n) is 6.55. The lowest BCUT2D eigenvalue weighted by atomic mass is 10.1. The van der Waals surface area contributed by atoms with Gasteiger partial charge in [-0.05, 0) is 40.2 Å². The van der Waals surface area contributed by atoms with Crippen molar-refractivity contribution < 1.29 is 17.9 Å². The third kappa shape index (κ3) is 4.31. The molecule has 0 fully saturated rings. The van der Waals surface area contributed by atoms with E-state index in [1.165, 1.54) is 18.2 Å². The van der Waals surface area contributed by atoms with Gasteiger partial charge in [0.15, 0.2) is 0 Å². The standard InChI is InChI=1S/C15H15BrN2O4S/c1-22-14-5-3-2-4-10(14)9-18-15(19)12-8-11(23(17,20)21)6-7-13(12)16/h2-8H,9H2,1H3,(H,18,19)(H2,17,20,21). The number of carbonyl (C=O) groups excluding carboxylic acids is 1. The molecule has 8 heteroatoms. The minimum absolute atomic E-state index is 0.122. The van der Waals surface area contributed by atoms with E-state index >= 15 is 0 Å². The summed E-state index contributed by atoms with van der Waals surface area (Å²) in [5, 5.41) is 7.81. The Bertz CT molecular complexity index is 837. The van der Waals surface area contributed by atoms with Crippen LogP contribution in [0, 0.1) is 0 Å². The minimum atomic E-state index is -3.87. The van der Waals surface area contributed by atoms with E-state index in [0.29, 0.717) is 10.2 Å². The van der Waals surface area contributed by atoms with E-state index < -0.39 is 15.9 Å². The Kier molecular flexibility index (Phi) is 5.40. The molecule has 0 aliphatic carbocycles. The number of hydrogen-bond acceptors (Lipinski definition) is 4. The van der Waals surface area contributed by atoms with Crippen molar-refractivity contribution >= 4 is 31.9 Å². The maximum Gasteiger partial charge on any atom is 0.252 e. The Labute approximate surface area is 142 Å². The van der Waals surface area contributed by atoms with Gasteiger partial charge in [-0.15, -0.1) is 0 Å². The predicted octanol–water partition coefficient (Wildman–Crippen LogP) is 2.04. The summed E-state index contributed by atoms with van der Waals surface area (Å²) in [5.41, 5.74) is 0.994. The number of rotatable bonds is 5. The van der Waals surface area contributed by atoms with Crippen molar-refractivity contribution in [3.05, 3.63) is 58.1 Å². The SMILES string of the molecule is COc1ccccc1CNC(=O)c1cc(S(N)(=O)=O)ccc1Br. The number of hydrogen-bond donors (Lipinski definition) is 2. The Balaban J connectivity index is 2.21. The van der Waals surface area contributed by atoms with Crippen molar-refractivity contribution in [2.24, 2.45) is 5.14 Å². The predicted molar refractivity (Wildman–Crippen MR) is 89.7 cm³/mol. The fourth-order valence-electron chi connectivity index (χ4n) is 1.98. The molecule has 0 unspecified atom stereocenters. The average Bonchev–Trinajstić information content (AvgIpc) is 2.52. The molecule has 0 spiro atoms. The van der Waals surface area contributed by atoms with Gasteiger partial charge in [-0.1, -0.05) is 18.2 Å². The first-order valence-corrected chi connectivity index (χ1v) is 8.89. The number of carbonyl (C=O) groups is 1. The Morgan fingerprint density at radius 2 is 1.96 bits per heavy atom. The van der Waals surface area contributed by atoms with Gasteiger partial charge in [0.1, 0.15) is 5.75 Å². The lowest BCUT2D eigenvalue weighted by molar-refractivity contribution is 0.0949. The van der Waals surface area contributed by atoms with Crippen molar-refractivity contribution in [2.45, 2.75) is 11.4 Å². The van der Waals surface area contributed by atoms with Crippen LogP contribution in [-0.2, 0) is 16.6 Å². The van der Waals surface area contributed by atoms with Gasteiger partial charge in [0, 0.05) is 16.6 Å². The summed E-state index contributed by atoms with van der Waals surface area (Å²) in [6, 6.07) is 11.3. The number of amides is 1. The number of nitrogens with two attached hydrogens (primary N) is 1. The highest BCUT2D eigenvalue weighted by Gasteiger charge is 2.15. The fourth-order valence-corrected chi connectivity index (χ4v) is 2.94. The maximum absolute atomic E-state index is 12.3. The first kappa shape index (κ1) is 17.5. The summed E-state index contributed by atoms with van der Waals surface area (Å²) >= 11 is 3.23. The second kappa shape index (κ2) is 7.12. The topological polar surface area (TPSA) is 98.5 Å². The van der Waals surface area contributed by atoms with Crippen LogP contribution in [0.5, 0.6) is 5.75 Å². The molecule has 0 heterocycles.